The molecular weight excluding hydrogens is 342 g/mol. The van der Waals surface area contributed by atoms with E-state index in [4.69, 9.17) is 6.57 Å². The number of hydrogen-bond donors (Lipinski definition) is 1. The summed E-state index contributed by atoms with van der Waals surface area (Å²) in [6.45, 7) is 7.61. The largest absolute Gasteiger partial charge is 0.407 e. The number of alkyl halides is 3. The van der Waals surface area contributed by atoms with Gasteiger partial charge >= 0.3 is 6.18 Å². The van der Waals surface area contributed by atoms with Gasteiger partial charge in [-0.2, -0.15) is 18.3 Å². The summed E-state index contributed by atoms with van der Waals surface area (Å²) in [4.78, 5) is 15.0. The molecule has 9 heteroatoms. The van der Waals surface area contributed by atoms with E-state index in [-0.39, 0.29) is 12.1 Å². The number of carbonyl (C=O) groups is 1. The summed E-state index contributed by atoms with van der Waals surface area (Å²) in [6, 6.07) is 2.93. The number of halogens is 4. The van der Waals surface area contributed by atoms with Crippen molar-refractivity contribution in [2.75, 3.05) is 0 Å². The third-order valence-corrected chi connectivity index (χ3v) is 3.52. The lowest BCUT2D eigenvalue weighted by molar-refractivity contribution is -0.138. The average Bonchev–Trinajstić information content (AvgIpc) is 2.90. The highest BCUT2D eigenvalue weighted by Gasteiger charge is 2.35. The smallest absolute Gasteiger partial charge is 0.380 e. The van der Waals surface area contributed by atoms with Crippen molar-refractivity contribution < 1.29 is 27.5 Å². The molecule has 2 rings (SSSR count). The second-order valence-electron chi connectivity index (χ2n) is 5.69. The van der Waals surface area contributed by atoms with E-state index in [2.05, 4.69) is 9.94 Å². The lowest BCUT2D eigenvalue weighted by atomic mass is 9.94. The topological polar surface area (TPSA) is 59.5 Å². The van der Waals surface area contributed by atoms with Crippen molar-refractivity contribution in [3.05, 3.63) is 59.0 Å². The fraction of sp³-hybridized carbons (Fsp3) is 0.312. The van der Waals surface area contributed by atoms with Crippen molar-refractivity contribution in [3.63, 3.8) is 0 Å². The van der Waals surface area contributed by atoms with Crippen molar-refractivity contribution in [1.82, 2.24) is 9.78 Å². The Morgan fingerprint density at radius 2 is 2.08 bits per heavy atom. The first-order chi connectivity index (χ1) is 11.5. The fourth-order valence-corrected chi connectivity index (χ4v) is 2.22. The second-order valence-corrected chi connectivity index (χ2v) is 5.69. The summed E-state index contributed by atoms with van der Waals surface area (Å²) in [5.74, 6) is -1.40. The average molecular weight is 355 g/mol. The maximum atomic E-state index is 13.0. The van der Waals surface area contributed by atoms with Crippen LogP contribution in [0.2, 0.25) is 0 Å². The number of hydrogen-bond acceptors (Lipinski definition) is 3. The number of nitrogens with zero attached hydrogens (tertiary/aromatic N) is 3. The third kappa shape index (κ3) is 4.42. The van der Waals surface area contributed by atoms with Gasteiger partial charge in [0.05, 0.1) is 31.1 Å². The number of aromatic nitrogens is 2. The van der Waals surface area contributed by atoms with E-state index in [1.807, 2.05) is 0 Å². The molecule has 1 aromatic carbocycles. The SMILES string of the molecule is [C-]#[N+]c1ccc(CC(=O)[C@@](C)(O)Cn2cc(F)cn2)cc1C(F)(F)F. The summed E-state index contributed by atoms with van der Waals surface area (Å²) < 4.78 is 52.8. The quantitative estimate of drug-likeness (QED) is 0.662. The van der Waals surface area contributed by atoms with E-state index in [0.717, 1.165) is 29.2 Å². The zero-order valence-electron chi connectivity index (χ0n) is 13.0. The van der Waals surface area contributed by atoms with Crippen molar-refractivity contribution in [2.45, 2.75) is 31.7 Å². The number of Topliss-reactive ketones (excluding diaryl/α,β-unsaturated/α-hetero) is 1. The van der Waals surface area contributed by atoms with Crippen LogP contribution >= 0.6 is 0 Å². The summed E-state index contributed by atoms with van der Waals surface area (Å²) in [6.07, 6.45) is -3.32. The second kappa shape index (κ2) is 6.64. The van der Waals surface area contributed by atoms with Crippen LogP contribution in [-0.2, 0) is 23.9 Å². The molecule has 5 nitrogen and oxygen atoms in total. The van der Waals surface area contributed by atoms with Crippen LogP contribution in [-0.4, -0.2) is 26.3 Å². The highest BCUT2D eigenvalue weighted by atomic mass is 19.4. The number of aliphatic hydroxyl groups is 1. The molecule has 0 amide bonds. The van der Waals surface area contributed by atoms with Crippen molar-refractivity contribution in [1.29, 1.82) is 0 Å². The Labute approximate surface area is 140 Å². The predicted octanol–water partition coefficient (Wildman–Crippen LogP) is 3.15. The molecule has 1 N–H and O–H groups in total. The van der Waals surface area contributed by atoms with Gasteiger partial charge in [0, 0.05) is 6.42 Å². The molecule has 0 spiro atoms. The summed E-state index contributed by atoms with van der Waals surface area (Å²) in [5.41, 5.74) is -3.64. The van der Waals surface area contributed by atoms with Crippen molar-refractivity contribution in [3.8, 4) is 0 Å². The van der Waals surface area contributed by atoms with Gasteiger partial charge in [0.15, 0.2) is 17.3 Å². The molecule has 0 bridgehead atoms. The van der Waals surface area contributed by atoms with Crippen LogP contribution in [0.25, 0.3) is 4.85 Å². The molecule has 1 heterocycles. The van der Waals surface area contributed by atoms with Crippen LogP contribution in [0, 0.1) is 12.4 Å². The minimum atomic E-state index is -4.73. The maximum Gasteiger partial charge on any atom is 0.407 e. The van der Waals surface area contributed by atoms with Gasteiger partial charge in [-0.25, -0.2) is 9.24 Å². The summed E-state index contributed by atoms with van der Waals surface area (Å²) in [5, 5.41) is 13.8. The monoisotopic (exact) mass is 355 g/mol. The lowest BCUT2D eigenvalue weighted by Crippen LogP contribution is -2.40. The molecule has 2 aromatic rings. The van der Waals surface area contributed by atoms with E-state index in [1.165, 1.54) is 13.0 Å². The van der Waals surface area contributed by atoms with E-state index < -0.39 is 41.0 Å². The number of rotatable bonds is 5. The molecule has 1 atom stereocenters. The number of carbonyl (C=O) groups excluding carboxylic acids is 1. The van der Waals surface area contributed by atoms with Gasteiger partial charge in [-0.1, -0.05) is 18.2 Å². The first-order valence-corrected chi connectivity index (χ1v) is 7.04. The van der Waals surface area contributed by atoms with Gasteiger partial charge in [-0.3, -0.25) is 9.48 Å². The lowest BCUT2D eigenvalue weighted by Gasteiger charge is -2.22. The molecule has 0 radical (unpaired) electrons. The molecule has 0 aliphatic heterocycles. The molecule has 1 aromatic heterocycles. The molecule has 0 saturated heterocycles. The molecule has 132 valence electrons. The normalized spacial score (nSPS) is 14.0. The Balaban J connectivity index is 2.21. The van der Waals surface area contributed by atoms with Crippen LogP contribution in [0.3, 0.4) is 0 Å². The maximum absolute atomic E-state index is 13.0. The first-order valence-electron chi connectivity index (χ1n) is 7.04. The van der Waals surface area contributed by atoms with Gasteiger partial charge in [-0.05, 0) is 12.5 Å². The summed E-state index contributed by atoms with van der Waals surface area (Å²) in [7, 11) is 0. The Hall–Kier alpha value is -2.73. The Kier molecular flexibility index (Phi) is 4.94. The highest BCUT2D eigenvalue weighted by molar-refractivity contribution is 5.88. The molecule has 0 aliphatic carbocycles. The van der Waals surface area contributed by atoms with Gasteiger partial charge in [-0.15, -0.1) is 0 Å². The van der Waals surface area contributed by atoms with Crippen molar-refractivity contribution >= 4 is 11.5 Å². The van der Waals surface area contributed by atoms with Crippen LogP contribution in [0.5, 0.6) is 0 Å². The fourth-order valence-electron chi connectivity index (χ4n) is 2.22. The Morgan fingerprint density at radius 1 is 1.40 bits per heavy atom. The Morgan fingerprint density at radius 3 is 2.60 bits per heavy atom. The van der Waals surface area contributed by atoms with Gasteiger partial charge < -0.3 is 5.11 Å². The zero-order valence-corrected chi connectivity index (χ0v) is 13.0. The standard InChI is InChI=1S/C16H13F4N3O2/c1-15(25,9-23-8-11(17)7-22-23)14(24)6-10-3-4-13(21-2)12(5-10)16(18,19)20/h3-5,7-8,25H,6,9H2,1H3/t15-/m0/s1. The van der Waals surface area contributed by atoms with E-state index in [9.17, 15) is 27.5 Å². The highest BCUT2D eigenvalue weighted by Crippen LogP contribution is 2.37. The van der Waals surface area contributed by atoms with Crippen LogP contribution < -0.4 is 0 Å². The number of ketones is 1. The van der Waals surface area contributed by atoms with E-state index >= 15 is 0 Å². The molecule has 0 aliphatic rings. The third-order valence-electron chi connectivity index (χ3n) is 3.52. The molecule has 25 heavy (non-hydrogen) atoms. The molecule has 0 saturated carbocycles. The summed E-state index contributed by atoms with van der Waals surface area (Å²) >= 11 is 0. The number of benzene rings is 1. The van der Waals surface area contributed by atoms with Crippen LogP contribution in [0.1, 0.15) is 18.1 Å². The van der Waals surface area contributed by atoms with Gasteiger partial charge in [0.1, 0.15) is 5.60 Å². The van der Waals surface area contributed by atoms with E-state index in [0.29, 0.717) is 0 Å². The first kappa shape index (κ1) is 18.6. The molecular formula is C16H13F4N3O2. The minimum absolute atomic E-state index is 0.0108. The molecule has 0 unspecified atom stereocenters. The Bertz CT molecular complexity index is 835. The van der Waals surface area contributed by atoms with Gasteiger partial charge in [0.2, 0.25) is 0 Å². The van der Waals surface area contributed by atoms with Gasteiger partial charge in [0.25, 0.3) is 0 Å². The van der Waals surface area contributed by atoms with Crippen LogP contribution in [0.15, 0.2) is 30.6 Å². The van der Waals surface area contributed by atoms with Crippen LogP contribution in [0.4, 0.5) is 23.2 Å². The molecule has 0 fully saturated rings. The zero-order chi connectivity index (χ0) is 18.8. The predicted molar refractivity (Wildman–Crippen MR) is 79.2 cm³/mol. The van der Waals surface area contributed by atoms with E-state index in [1.54, 1.807) is 0 Å². The minimum Gasteiger partial charge on any atom is -0.380 e. The van der Waals surface area contributed by atoms with Crippen molar-refractivity contribution in [2.24, 2.45) is 0 Å².